The third kappa shape index (κ3) is 3.42. The fraction of sp³-hybridized carbons (Fsp3) is 0.412. The Morgan fingerprint density at radius 3 is 2.60 bits per heavy atom. The van der Waals surface area contributed by atoms with E-state index in [2.05, 4.69) is 45.1 Å². The van der Waals surface area contributed by atoms with Crippen molar-refractivity contribution < 1.29 is 9.15 Å². The average molecular weight is 273 g/mol. The van der Waals surface area contributed by atoms with Gasteiger partial charge in [0.1, 0.15) is 18.1 Å². The van der Waals surface area contributed by atoms with E-state index in [0.717, 1.165) is 18.1 Å². The van der Waals surface area contributed by atoms with Crippen LogP contribution in [0.4, 0.5) is 0 Å². The highest BCUT2D eigenvalue weighted by atomic mass is 16.5. The molecule has 20 heavy (non-hydrogen) atoms. The summed E-state index contributed by atoms with van der Waals surface area (Å²) in [5.41, 5.74) is 3.68. The zero-order chi connectivity index (χ0) is 14.5. The summed E-state index contributed by atoms with van der Waals surface area (Å²) in [7, 11) is 0. The van der Waals surface area contributed by atoms with E-state index < -0.39 is 0 Å². The van der Waals surface area contributed by atoms with Crippen LogP contribution in [-0.2, 0) is 0 Å². The third-order valence-electron chi connectivity index (χ3n) is 3.64. The molecule has 1 aromatic heterocycles. The van der Waals surface area contributed by atoms with Crippen molar-refractivity contribution in [2.45, 2.75) is 33.7 Å². The highest BCUT2D eigenvalue weighted by molar-refractivity contribution is 5.44. The summed E-state index contributed by atoms with van der Waals surface area (Å²) >= 11 is 0. The van der Waals surface area contributed by atoms with Crippen LogP contribution in [0.15, 0.2) is 34.9 Å². The van der Waals surface area contributed by atoms with Gasteiger partial charge in [-0.15, -0.1) is 0 Å². The molecule has 0 radical (unpaired) electrons. The Morgan fingerprint density at radius 1 is 1.15 bits per heavy atom. The molecule has 0 aliphatic heterocycles. The number of ether oxygens (including phenoxy) is 1. The molecule has 1 heterocycles. The molecular weight excluding hydrogens is 250 g/mol. The molecule has 1 unspecified atom stereocenters. The Hall–Kier alpha value is -1.74. The number of hydrogen-bond acceptors (Lipinski definition) is 3. The summed E-state index contributed by atoms with van der Waals surface area (Å²) in [6, 6.07) is 8.33. The Kier molecular flexibility index (Phi) is 4.85. The summed E-state index contributed by atoms with van der Waals surface area (Å²) in [6.07, 6.45) is 1.70. The predicted octanol–water partition coefficient (Wildman–Crippen LogP) is 3.93. The van der Waals surface area contributed by atoms with E-state index in [4.69, 9.17) is 9.15 Å². The summed E-state index contributed by atoms with van der Waals surface area (Å²) < 4.78 is 11.3. The Morgan fingerprint density at radius 2 is 1.90 bits per heavy atom. The van der Waals surface area contributed by atoms with Crippen molar-refractivity contribution in [2.24, 2.45) is 0 Å². The van der Waals surface area contributed by atoms with E-state index in [1.54, 1.807) is 6.26 Å². The van der Waals surface area contributed by atoms with Gasteiger partial charge in [0.15, 0.2) is 0 Å². The molecule has 1 aromatic carbocycles. The largest absolute Gasteiger partial charge is 0.492 e. The van der Waals surface area contributed by atoms with Gasteiger partial charge in [-0.25, -0.2) is 0 Å². The van der Waals surface area contributed by atoms with Crippen molar-refractivity contribution in [3.05, 3.63) is 53.0 Å². The van der Waals surface area contributed by atoms with Crippen molar-refractivity contribution in [3.63, 3.8) is 0 Å². The number of aryl methyl sites for hydroxylation is 2. The van der Waals surface area contributed by atoms with Crippen LogP contribution in [-0.4, -0.2) is 13.2 Å². The fourth-order valence-electron chi connectivity index (χ4n) is 2.21. The first-order chi connectivity index (χ1) is 9.59. The molecule has 3 nitrogen and oxygen atoms in total. The van der Waals surface area contributed by atoms with Crippen molar-refractivity contribution >= 4 is 0 Å². The molecular formula is C17H23NO2. The van der Waals surface area contributed by atoms with Gasteiger partial charge >= 0.3 is 0 Å². The summed E-state index contributed by atoms with van der Waals surface area (Å²) in [6.45, 7) is 9.82. The van der Waals surface area contributed by atoms with E-state index in [1.165, 1.54) is 16.7 Å². The van der Waals surface area contributed by atoms with E-state index in [0.29, 0.717) is 6.61 Å². The lowest BCUT2D eigenvalue weighted by molar-refractivity contribution is 0.298. The number of benzene rings is 1. The number of hydrogen-bond donors (Lipinski definition) is 1. The molecule has 0 aliphatic rings. The van der Waals surface area contributed by atoms with Crippen LogP contribution in [0.3, 0.4) is 0 Å². The third-order valence-corrected chi connectivity index (χ3v) is 3.64. The van der Waals surface area contributed by atoms with Crippen LogP contribution in [0.1, 0.15) is 35.4 Å². The summed E-state index contributed by atoms with van der Waals surface area (Å²) in [5, 5.41) is 3.39. The molecule has 0 spiro atoms. The Bertz CT molecular complexity index is 546. The second-order valence-electron chi connectivity index (χ2n) is 5.19. The minimum Gasteiger partial charge on any atom is -0.492 e. The molecule has 0 saturated heterocycles. The second kappa shape index (κ2) is 6.62. The maximum atomic E-state index is 5.92. The quantitative estimate of drug-likeness (QED) is 0.810. The minimum absolute atomic E-state index is 0.202. The van der Waals surface area contributed by atoms with E-state index in [9.17, 15) is 0 Å². The Balaban J connectivity index is 1.83. The van der Waals surface area contributed by atoms with Crippen LogP contribution in [0.5, 0.6) is 5.75 Å². The van der Waals surface area contributed by atoms with Crippen LogP contribution < -0.4 is 10.1 Å². The first-order valence-corrected chi connectivity index (χ1v) is 7.06. The van der Waals surface area contributed by atoms with Gasteiger partial charge < -0.3 is 14.5 Å². The lowest BCUT2D eigenvalue weighted by Crippen LogP contribution is -2.24. The molecule has 108 valence electrons. The predicted molar refractivity (Wildman–Crippen MR) is 81.3 cm³/mol. The maximum absolute atomic E-state index is 5.92. The average Bonchev–Trinajstić information content (AvgIpc) is 2.96. The number of nitrogens with one attached hydrogen (secondary N) is 1. The highest BCUT2D eigenvalue weighted by Gasteiger charge is 2.08. The first kappa shape index (κ1) is 14.7. The smallest absolute Gasteiger partial charge is 0.125 e. The molecule has 3 heteroatoms. The number of furan rings is 1. The SMILES string of the molecule is Cc1ccc(C)c(OCCNC(C)c2ccco2)c1C. The molecule has 1 N–H and O–H groups in total. The van der Waals surface area contributed by atoms with Gasteiger partial charge in [-0.05, 0) is 56.5 Å². The van der Waals surface area contributed by atoms with Crippen molar-refractivity contribution in [3.8, 4) is 5.75 Å². The highest BCUT2D eigenvalue weighted by Crippen LogP contribution is 2.25. The zero-order valence-corrected chi connectivity index (χ0v) is 12.7. The van der Waals surface area contributed by atoms with Crippen molar-refractivity contribution in [2.75, 3.05) is 13.2 Å². The molecule has 2 aromatic rings. The summed E-state index contributed by atoms with van der Waals surface area (Å²) in [4.78, 5) is 0. The van der Waals surface area contributed by atoms with Gasteiger partial charge in [-0.3, -0.25) is 0 Å². The standard InChI is InChI=1S/C17H23NO2/c1-12-7-8-13(2)17(14(12)3)20-11-9-18-15(4)16-6-5-10-19-16/h5-8,10,15,18H,9,11H2,1-4H3. The van der Waals surface area contributed by atoms with Crippen LogP contribution in [0.2, 0.25) is 0 Å². The second-order valence-corrected chi connectivity index (χ2v) is 5.19. The van der Waals surface area contributed by atoms with Gasteiger partial charge in [0.25, 0.3) is 0 Å². The van der Waals surface area contributed by atoms with Crippen LogP contribution >= 0.6 is 0 Å². The maximum Gasteiger partial charge on any atom is 0.125 e. The van der Waals surface area contributed by atoms with Crippen molar-refractivity contribution in [1.82, 2.24) is 5.32 Å². The van der Waals surface area contributed by atoms with Crippen LogP contribution in [0.25, 0.3) is 0 Å². The zero-order valence-electron chi connectivity index (χ0n) is 12.7. The number of rotatable bonds is 6. The lowest BCUT2D eigenvalue weighted by Gasteiger charge is -2.15. The monoisotopic (exact) mass is 273 g/mol. The van der Waals surface area contributed by atoms with Crippen LogP contribution in [0, 0.1) is 20.8 Å². The van der Waals surface area contributed by atoms with E-state index in [1.807, 2.05) is 12.1 Å². The minimum atomic E-state index is 0.202. The molecule has 0 fully saturated rings. The molecule has 0 bridgehead atoms. The molecule has 1 atom stereocenters. The first-order valence-electron chi connectivity index (χ1n) is 7.06. The molecule has 2 rings (SSSR count). The van der Waals surface area contributed by atoms with Gasteiger partial charge in [-0.1, -0.05) is 12.1 Å². The van der Waals surface area contributed by atoms with Gasteiger partial charge in [0.2, 0.25) is 0 Å². The lowest BCUT2D eigenvalue weighted by atomic mass is 10.1. The van der Waals surface area contributed by atoms with Gasteiger partial charge in [0, 0.05) is 6.54 Å². The molecule has 0 amide bonds. The Labute approximate surface area is 121 Å². The van der Waals surface area contributed by atoms with Crippen molar-refractivity contribution in [1.29, 1.82) is 0 Å². The van der Waals surface area contributed by atoms with Gasteiger partial charge in [0.05, 0.1) is 12.3 Å². The van der Waals surface area contributed by atoms with Gasteiger partial charge in [-0.2, -0.15) is 0 Å². The van der Waals surface area contributed by atoms with E-state index in [-0.39, 0.29) is 6.04 Å². The normalized spacial score (nSPS) is 12.4. The van der Waals surface area contributed by atoms with E-state index >= 15 is 0 Å². The summed E-state index contributed by atoms with van der Waals surface area (Å²) in [5.74, 6) is 1.96. The topological polar surface area (TPSA) is 34.4 Å². The molecule has 0 saturated carbocycles. The fourth-order valence-corrected chi connectivity index (χ4v) is 2.21. The molecule has 0 aliphatic carbocycles.